The van der Waals surface area contributed by atoms with Crippen LogP contribution < -0.4 is 0 Å². The van der Waals surface area contributed by atoms with Crippen molar-refractivity contribution >= 4 is 31.5 Å². The van der Waals surface area contributed by atoms with Gasteiger partial charge in [-0.3, -0.25) is 0 Å². The van der Waals surface area contributed by atoms with Gasteiger partial charge in [-0.05, 0) is 86.0 Å². The van der Waals surface area contributed by atoms with E-state index in [1.165, 1.54) is 75.8 Å². The Balaban J connectivity index is 1.16. The molecule has 0 unspecified atom stereocenters. The molecule has 2 aromatic heterocycles. The fourth-order valence-corrected chi connectivity index (χ4v) is 10.5. The molecule has 2 aliphatic rings. The quantitative estimate of drug-likeness (QED) is 0.182. The molecule has 0 bridgehead atoms. The molecule has 3 nitrogen and oxygen atoms in total. The molecule has 0 fully saturated rings. The maximum absolute atomic E-state index is 5.32. The normalized spacial score (nSPS) is 13.1. The average Bonchev–Trinajstić information content (AvgIpc) is 3.76. The summed E-state index contributed by atoms with van der Waals surface area (Å²) in [7, 11) is 0. The summed E-state index contributed by atoms with van der Waals surface area (Å²) in [6.45, 7) is 0. The predicted octanol–water partition coefficient (Wildman–Crippen LogP) is 13.3. The SMILES string of the molecule is c1ccc(-c2nc(-c3ccc4c(c3)C3(c5ccccc5-c5ccccc5-4)c4ccccc4-c4ccccc43)nc(-c3ccc4sc5ccccc5c4c3)n2)cc1. The Labute approximate surface area is 328 Å². The van der Waals surface area contributed by atoms with E-state index in [-0.39, 0.29) is 0 Å². The van der Waals surface area contributed by atoms with E-state index in [1.54, 1.807) is 0 Å². The lowest BCUT2D eigenvalue weighted by atomic mass is 9.65. The van der Waals surface area contributed by atoms with Gasteiger partial charge in [-0.25, -0.2) is 15.0 Å². The van der Waals surface area contributed by atoms with Gasteiger partial charge in [-0.1, -0.05) is 158 Å². The zero-order chi connectivity index (χ0) is 36.8. The van der Waals surface area contributed by atoms with Crippen molar-refractivity contribution in [1.29, 1.82) is 0 Å². The molecular weight excluding hydrogens is 699 g/mol. The molecule has 2 heterocycles. The van der Waals surface area contributed by atoms with Gasteiger partial charge in [0.05, 0.1) is 5.41 Å². The summed E-state index contributed by atoms with van der Waals surface area (Å²) in [6.07, 6.45) is 0. The molecule has 0 atom stereocenters. The van der Waals surface area contributed by atoms with Crippen LogP contribution in [0.4, 0.5) is 0 Å². The van der Waals surface area contributed by atoms with E-state index in [2.05, 4.69) is 170 Å². The molecule has 0 saturated carbocycles. The van der Waals surface area contributed by atoms with Crippen molar-refractivity contribution in [3.63, 3.8) is 0 Å². The fraction of sp³-hybridized carbons (Fsp3) is 0.0192. The highest BCUT2D eigenvalue weighted by molar-refractivity contribution is 7.25. The van der Waals surface area contributed by atoms with Crippen molar-refractivity contribution in [1.82, 2.24) is 15.0 Å². The molecule has 0 radical (unpaired) electrons. The number of hydrogen-bond acceptors (Lipinski definition) is 4. The molecule has 4 heteroatoms. The molecule has 1 spiro atoms. The van der Waals surface area contributed by atoms with Crippen LogP contribution in [0.3, 0.4) is 0 Å². The van der Waals surface area contributed by atoms with Crippen LogP contribution in [0.5, 0.6) is 0 Å². The highest BCUT2D eigenvalue weighted by Gasteiger charge is 2.49. The minimum absolute atomic E-state index is 0.586. The van der Waals surface area contributed by atoms with Crippen molar-refractivity contribution in [2.45, 2.75) is 5.41 Å². The summed E-state index contributed by atoms with van der Waals surface area (Å²) in [5.41, 5.74) is 14.8. The van der Waals surface area contributed by atoms with E-state index in [0.717, 1.165) is 16.7 Å². The zero-order valence-electron chi connectivity index (χ0n) is 30.1. The van der Waals surface area contributed by atoms with E-state index < -0.39 is 5.41 Å². The zero-order valence-corrected chi connectivity index (χ0v) is 31.0. The molecule has 10 aromatic rings. The first-order chi connectivity index (χ1) is 27.8. The van der Waals surface area contributed by atoms with Crippen LogP contribution in [0.1, 0.15) is 22.3 Å². The standard InChI is InChI=1S/C52H31N3S/c1-2-14-32(15-3-1)49-53-50(33-27-29-48-42(30-33)41-21-9-13-25-47(41)56-48)55-51(54-49)34-26-28-40-36-17-5-4-16-35(36)37-18-6-10-22-43(37)52(46(40)31-34)44-23-11-7-19-38(44)39-20-8-12-24-45(39)52/h1-31H. The first kappa shape index (κ1) is 31.4. The minimum Gasteiger partial charge on any atom is -0.208 e. The maximum Gasteiger partial charge on any atom is 0.164 e. The number of aromatic nitrogens is 3. The Morgan fingerprint density at radius 1 is 0.304 bits per heavy atom. The molecule has 2 aliphatic carbocycles. The van der Waals surface area contributed by atoms with Gasteiger partial charge < -0.3 is 0 Å². The second kappa shape index (κ2) is 12.0. The van der Waals surface area contributed by atoms with Gasteiger partial charge >= 0.3 is 0 Å². The molecule has 0 amide bonds. The van der Waals surface area contributed by atoms with E-state index >= 15 is 0 Å². The molecule has 12 rings (SSSR count). The van der Waals surface area contributed by atoms with Crippen LogP contribution in [0.2, 0.25) is 0 Å². The summed E-state index contributed by atoms with van der Waals surface area (Å²) in [5.74, 6) is 1.95. The molecule has 0 saturated heterocycles. The van der Waals surface area contributed by atoms with Crippen LogP contribution in [-0.4, -0.2) is 15.0 Å². The van der Waals surface area contributed by atoms with Crippen LogP contribution in [0, 0.1) is 0 Å². The van der Waals surface area contributed by atoms with Gasteiger partial charge in [0.1, 0.15) is 0 Å². The van der Waals surface area contributed by atoms with Gasteiger partial charge in [0.15, 0.2) is 17.5 Å². The summed E-state index contributed by atoms with van der Waals surface area (Å²) in [4.78, 5) is 15.7. The van der Waals surface area contributed by atoms with Crippen LogP contribution in [0.15, 0.2) is 188 Å². The van der Waals surface area contributed by atoms with E-state index in [1.807, 2.05) is 29.5 Å². The number of benzene rings is 8. The van der Waals surface area contributed by atoms with Crippen LogP contribution >= 0.6 is 11.3 Å². The highest BCUT2D eigenvalue weighted by Crippen LogP contribution is 2.61. The van der Waals surface area contributed by atoms with E-state index in [4.69, 9.17) is 15.0 Å². The molecule has 0 aliphatic heterocycles. The number of hydrogen-bond donors (Lipinski definition) is 0. The van der Waals surface area contributed by atoms with Crippen molar-refractivity contribution in [2.24, 2.45) is 0 Å². The largest absolute Gasteiger partial charge is 0.208 e. The van der Waals surface area contributed by atoms with Gasteiger partial charge in [0.25, 0.3) is 0 Å². The summed E-state index contributed by atoms with van der Waals surface area (Å²) >= 11 is 1.82. The van der Waals surface area contributed by atoms with Gasteiger partial charge in [-0.15, -0.1) is 11.3 Å². The number of thiophene rings is 1. The Bertz CT molecular complexity index is 3170. The fourth-order valence-electron chi connectivity index (χ4n) is 9.40. The van der Waals surface area contributed by atoms with Gasteiger partial charge in [0, 0.05) is 36.9 Å². The first-order valence-corrected chi connectivity index (χ1v) is 19.8. The van der Waals surface area contributed by atoms with Crippen molar-refractivity contribution in [3.05, 3.63) is 210 Å². The third kappa shape index (κ3) is 4.42. The Morgan fingerprint density at radius 2 is 0.750 bits per heavy atom. The molecule has 0 N–H and O–H groups in total. The third-order valence-electron chi connectivity index (χ3n) is 11.8. The number of nitrogens with zero attached hydrogens (tertiary/aromatic N) is 3. The number of fused-ring (bicyclic) bond motifs is 15. The Morgan fingerprint density at radius 3 is 1.39 bits per heavy atom. The first-order valence-electron chi connectivity index (χ1n) is 19.0. The highest BCUT2D eigenvalue weighted by atomic mass is 32.1. The van der Waals surface area contributed by atoms with Crippen LogP contribution in [0.25, 0.3) is 87.7 Å². The summed E-state index contributed by atoms with van der Waals surface area (Å²) in [6, 6.07) is 68.1. The minimum atomic E-state index is -0.586. The lowest BCUT2D eigenvalue weighted by Crippen LogP contribution is -2.29. The smallest absolute Gasteiger partial charge is 0.164 e. The van der Waals surface area contributed by atoms with E-state index in [0.29, 0.717) is 17.5 Å². The van der Waals surface area contributed by atoms with Crippen molar-refractivity contribution < 1.29 is 0 Å². The summed E-state index contributed by atoms with van der Waals surface area (Å²) < 4.78 is 2.53. The number of rotatable bonds is 3. The van der Waals surface area contributed by atoms with Gasteiger partial charge in [-0.2, -0.15) is 0 Å². The summed E-state index contributed by atoms with van der Waals surface area (Å²) in [5, 5.41) is 2.47. The topological polar surface area (TPSA) is 38.7 Å². The maximum atomic E-state index is 5.32. The van der Waals surface area contributed by atoms with Crippen molar-refractivity contribution in [3.8, 4) is 67.5 Å². The second-order valence-corrected chi connectivity index (χ2v) is 15.8. The average molecular weight is 730 g/mol. The second-order valence-electron chi connectivity index (χ2n) is 14.7. The Kier molecular flexibility index (Phi) is 6.72. The lowest BCUT2D eigenvalue weighted by molar-refractivity contribution is 0.775. The molecule has 260 valence electrons. The molecule has 56 heavy (non-hydrogen) atoms. The monoisotopic (exact) mass is 729 g/mol. The van der Waals surface area contributed by atoms with E-state index in [9.17, 15) is 0 Å². The lowest BCUT2D eigenvalue weighted by Gasteiger charge is -2.35. The molecular formula is C52H31N3S. The predicted molar refractivity (Wildman–Crippen MR) is 231 cm³/mol. The van der Waals surface area contributed by atoms with Crippen molar-refractivity contribution in [2.75, 3.05) is 0 Å². The van der Waals surface area contributed by atoms with Gasteiger partial charge in [0.2, 0.25) is 0 Å². The van der Waals surface area contributed by atoms with Crippen LogP contribution in [-0.2, 0) is 5.41 Å². The third-order valence-corrected chi connectivity index (χ3v) is 12.9. The molecule has 8 aromatic carbocycles. The Hall–Kier alpha value is -7.01.